The van der Waals surface area contributed by atoms with Crippen LogP contribution < -0.4 is 9.47 Å². The second kappa shape index (κ2) is 11.5. The number of Topliss-reactive ketones (excluding diaryl/α,β-unsaturated/α-hetero) is 1. The van der Waals surface area contributed by atoms with Gasteiger partial charge in [-0.15, -0.1) is 0 Å². The number of aromatic nitrogens is 4. The minimum atomic E-state index is -0.843. The molecule has 1 N–H and O–H groups in total. The standard InChI is InChI=1S/C30H31N5O5/c1-4-17-40-22-11-10-21(18-23(22)39-5-2)27-25(28(36)26-20(3)32-24-9-6-7-14-34(24)26)29(37)30(38)35(27)15-8-13-33-16-12-31-19-33/h4,6-7,9-12,14,16,18-19,27,36H,1,5,8,13,15,17H2,2-3H3/b28-25+. The van der Waals surface area contributed by atoms with Crippen LogP contribution in [0.1, 0.15) is 36.3 Å². The predicted molar refractivity (Wildman–Crippen MR) is 149 cm³/mol. The Morgan fingerprint density at radius 2 is 1.98 bits per heavy atom. The fraction of sp³-hybridized carbons (Fsp3) is 0.267. The molecule has 1 saturated heterocycles. The van der Waals surface area contributed by atoms with Crippen LogP contribution in [0.2, 0.25) is 0 Å². The zero-order valence-electron chi connectivity index (χ0n) is 22.5. The van der Waals surface area contributed by atoms with Crippen LogP contribution in [-0.2, 0) is 16.1 Å². The van der Waals surface area contributed by atoms with Crippen molar-refractivity contribution in [1.29, 1.82) is 0 Å². The number of ketones is 1. The lowest BCUT2D eigenvalue weighted by Gasteiger charge is -2.26. The van der Waals surface area contributed by atoms with Crippen molar-refractivity contribution in [1.82, 2.24) is 23.8 Å². The molecule has 1 unspecified atom stereocenters. The van der Waals surface area contributed by atoms with Crippen molar-refractivity contribution in [2.75, 3.05) is 19.8 Å². The maximum atomic E-state index is 13.6. The van der Waals surface area contributed by atoms with Gasteiger partial charge in [-0.2, -0.15) is 0 Å². The molecule has 0 saturated carbocycles. The first-order valence-corrected chi connectivity index (χ1v) is 13.1. The molecule has 5 rings (SSSR count). The molecule has 10 heteroatoms. The third-order valence-electron chi connectivity index (χ3n) is 6.78. The first-order valence-electron chi connectivity index (χ1n) is 13.1. The molecule has 1 atom stereocenters. The number of carbonyl (C=O) groups is 2. The minimum Gasteiger partial charge on any atom is -0.505 e. The average Bonchev–Trinajstić information content (AvgIpc) is 3.65. The fourth-order valence-electron chi connectivity index (χ4n) is 5.06. The number of benzene rings is 1. The van der Waals surface area contributed by atoms with Crippen molar-refractivity contribution in [3.8, 4) is 11.5 Å². The highest BCUT2D eigenvalue weighted by Gasteiger charge is 2.46. The average molecular weight is 542 g/mol. The third-order valence-corrected chi connectivity index (χ3v) is 6.78. The van der Waals surface area contributed by atoms with Crippen LogP contribution in [0.4, 0.5) is 0 Å². The second-order valence-corrected chi connectivity index (χ2v) is 9.36. The van der Waals surface area contributed by atoms with Crippen LogP contribution in [0.5, 0.6) is 11.5 Å². The molecule has 3 aromatic heterocycles. The minimum absolute atomic E-state index is 0.00333. The van der Waals surface area contributed by atoms with E-state index in [1.165, 1.54) is 4.90 Å². The Balaban J connectivity index is 1.62. The summed E-state index contributed by atoms with van der Waals surface area (Å²) in [6, 6.07) is 9.92. The van der Waals surface area contributed by atoms with E-state index in [0.29, 0.717) is 60.3 Å². The number of aliphatic hydroxyl groups is 1. The van der Waals surface area contributed by atoms with Gasteiger partial charge in [-0.1, -0.05) is 24.8 Å². The van der Waals surface area contributed by atoms with Gasteiger partial charge in [-0.3, -0.25) is 14.0 Å². The van der Waals surface area contributed by atoms with Gasteiger partial charge >= 0.3 is 0 Å². The van der Waals surface area contributed by atoms with E-state index in [2.05, 4.69) is 16.5 Å². The number of hydrogen-bond donors (Lipinski definition) is 1. The maximum absolute atomic E-state index is 13.6. The number of ether oxygens (including phenoxy) is 2. The monoisotopic (exact) mass is 541 g/mol. The first-order chi connectivity index (χ1) is 19.4. The van der Waals surface area contributed by atoms with Crippen molar-refractivity contribution in [3.05, 3.63) is 96.5 Å². The summed E-state index contributed by atoms with van der Waals surface area (Å²) in [5.74, 6) is -0.715. The molecule has 0 bridgehead atoms. The van der Waals surface area contributed by atoms with Crippen LogP contribution in [0.25, 0.3) is 11.4 Å². The molecule has 206 valence electrons. The summed E-state index contributed by atoms with van der Waals surface area (Å²) in [4.78, 5) is 37.1. The Morgan fingerprint density at radius 3 is 2.73 bits per heavy atom. The summed E-state index contributed by atoms with van der Waals surface area (Å²) < 4.78 is 15.2. The van der Waals surface area contributed by atoms with Crippen molar-refractivity contribution in [3.63, 3.8) is 0 Å². The second-order valence-electron chi connectivity index (χ2n) is 9.36. The molecule has 1 fully saturated rings. The van der Waals surface area contributed by atoms with Crippen molar-refractivity contribution >= 4 is 23.1 Å². The highest BCUT2D eigenvalue weighted by Crippen LogP contribution is 2.42. The van der Waals surface area contributed by atoms with E-state index in [1.54, 1.807) is 54.3 Å². The van der Waals surface area contributed by atoms with Crippen LogP contribution in [0.3, 0.4) is 0 Å². The summed E-state index contributed by atoms with van der Waals surface area (Å²) in [5.41, 5.74) is 2.15. The first kappa shape index (κ1) is 26.7. The van der Waals surface area contributed by atoms with Gasteiger partial charge in [0.1, 0.15) is 17.9 Å². The number of pyridine rings is 1. The largest absolute Gasteiger partial charge is 0.505 e. The zero-order valence-corrected chi connectivity index (χ0v) is 22.5. The van der Waals surface area contributed by atoms with Crippen LogP contribution in [0.15, 0.2) is 79.5 Å². The van der Waals surface area contributed by atoms with Gasteiger partial charge in [0.05, 0.1) is 30.2 Å². The molecule has 0 aliphatic carbocycles. The number of carbonyl (C=O) groups excluding carboxylic acids is 2. The number of imidazole rings is 2. The summed E-state index contributed by atoms with van der Waals surface area (Å²) >= 11 is 0. The third kappa shape index (κ3) is 4.95. The van der Waals surface area contributed by atoms with Gasteiger partial charge in [-0.05, 0) is 50.1 Å². The van der Waals surface area contributed by atoms with E-state index in [9.17, 15) is 14.7 Å². The van der Waals surface area contributed by atoms with E-state index in [1.807, 2.05) is 35.9 Å². The number of nitrogens with zero attached hydrogens (tertiary/aromatic N) is 5. The number of fused-ring (bicyclic) bond motifs is 1. The quantitative estimate of drug-likeness (QED) is 0.130. The predicted octanol–water partition coefficient (Wildman–Crippen LogP) is 4.31. The molecule has 1 aliphatic heterocycles. The molecular formula is C30H31N5O5. The van der Waals surface area contributed by atoms with Crippen LogP contribution in [0, 0.1) is 6.92 Å². The highest BCUT2D eigenvalue weighted by molar-refractivity contribution is 6.46. The number of aliphatic hydroxyl groups excluding tert-OH is 1. The van der Waals surface area contributed by atoms with Crippen molar-refractivity contribution in [2.24, 2.45) is 0 Å². The van der Waals surface area contributed by atoms with Crippen LogP contribution in [-0.4, -0.2) is 60.4 Å². The Bertz CT molecular complexity index is 1590. The highest BCUT2D eigenvalue weighted by atomic mass is 16.5. The SMILES string of the molecule is C=CCOc1ccc(C2/C(=C(\O)c3c(C)nc4ccccn34)C(=O)C(=O)N2CCCn2ccnc2)cc1OCC. The molecule has 1 amide bonds. The Hall–Kier alpha value is -4.86. The van der Waals surface area contributed by atoms with E-state index >= 15 is 0 Å². The van der Waals surface area contributed by atoms with Crippen molar-refractivity contribution in [2.45, 2.75) is 32.9 Å². The molecule has 4 aromatic rings. The van der Waals surface area contributed by atoms with Crippen molar-refractivity contribution < 1.29 is 24.2 Å². The molecule has 0 radical (unpaired) electrons. The summed E-state index contributed by atoms with van der Waals surface area (Å²) in [6.45, 7) is 8.89. The maximum Gasteiger partial charge on any atom is 0.295 e. The molecule has 0 spiro atoms. The normalized spacial score (nSPS) is 16.6. The smallest absolute Gasteiger partial charge is 0.295 e. The number of hydrogen-bond acceptors (Lipinski definition) is 7. The Kier molecular flexibility index (Phi) is 7.68. The molecule has 1 aliphatic rings. The molecule has 1 aromatic carbocycles. The lowest BCUT2D eigenvalue weighted by molar-refractivity contribution is -0.139. The molecule has 10 nitrogen and oxygen atoms in total. The van der Waals surface area contributed by atoms with Gasteiger partial charge in [-0.25, -0.2) is 9.97 Å². The zero-order chi connectivity index (χ0) is 28.2. The summed E-state index contributed by atoms with van der Waals surface area (Å²) in [6.07, 6.45) is 9.21. The van der Waals surface area contributed by atoms with Gasteiger partial charge in [0.25, 0.3) is 11.7 Å². The topological polar surface area (TPSA) is 111 Å². The van der Waals surface area contributed by atoms with Gasteiger partial charge in [0, 0.05) is 31.7 Å². The van der Waals surface area contributed by atoms with E-state index < -0.39 is 17.7 Å². The van der Waals surface area contributed by atoms with Gasteiger partial charge in [0.15, 0.2) is 17.3 Å². The van der Waals surface area contributed by atoms with E-state index in [4.69, 9.17) is 9.47 Å². The lowest BCUT2D eigenvalue weighted by Crippen LogP contribution is -2.31. The van der Waals surface area contributed by atoms with E-state index in [-0.39, 0.29) is 17.9 Å². The molecular weight excluding hydrogens is 510 g/mol. The number of aryl methyl sites for hydroxylation is 2. The Morgan fingerprint density at radius 1 is 1.12 bits per heavy atom. The van der Waals surface area contributed by atoms with E-state index in [0.717, 1.165) is 0 Å². The molecule has 4 heterocycles. The van der Waals surface area contributed by atoms with Crippen LogP contribution >= 0.6 is 0 Å². The Labute approximate surface area is 231 Å². The summed E-state index contributed by atoms with van der Waals surface area (Å²) in [5, 5.41) is 11.7. The number of rotatable bonds is 11. The van der Waals surface area contributed by atoms with Gasteiger partial charge in [0.2, 0.25) is 0 Å². The number of amides is 1. The molecule has 40 heavy (non-hydrogen) atoms. The fourth-order valence-corrected chi connectivity index (χ4v) is 5.06. The lowest BCUT2D eigenvalue weighted by atomic mass is 9.95. The van der Waals surface area contributed by atoms with Gasteiger partial charge < -0.3 is 24.0 Å². The number of likely N-dealkylation sites (tertiary alicyclic amines) is 1. The summed E-state index contributed by atoms with van der Waals surface area (Å²) in [7, 11) is 0.